The first-order chi connectivity index (χ1) is 6.22. The summed E-state index contributed by atoms with van der Waals surface area (Å²) in [6.45, 7) is 0. The summed E-state index contributed by atoms with van der Waals surface area (Å²) in [6.07, 6.45) is 0. The largest absolute Gasteiger partial charge is 0.398 e. The average Bonchev–Trinajstić information content (AvgIpc) is 2.48. The van der Waals surface area contributed by atoms with Crippen LogP contribution >= 0.6 is 34.5 Å². The Morgan fingerprint density at radius 2 is 2.15 bits per heavy atom. The Morgan fingerprint density at radius 1 is 1.38 bits per heavy atom. The lowest BCUT2D eigenvalue weighted by atomic mass is 10.2. The van der Waals surface area contributed by atoms with E-state index in [0.29, 0.717) is 10.9 Å². The van der Waals surface area contributed by atoms with Gasteiger partial charge < -0.3 is 5.73 Å². The number of benzene rings is 1. The van der Waals surface area contributed by atoms with Gasteiger partial charge in [0.2, 0.25) is 0 Å². The van der Waals surface area contributed by atoms with Crippen molar-refractivity contribution in [2.45, 2.75) is 5.88 Å². The first-order valence-electron chi connectivity index (χ1n) is 3.73. The molecule has 1 heterocycles. The Hall–Kier alpha value is -0.440. The van der Waals surface area contributed by atoms with Crippen LogP contribution in [0.4, 0.5) is 5.69 Å². The highest BCUT2D eigenvalue weighted by atomic mass is 35.5. The highest BCUT2D eigenvalue weighted by Crippen LogP contribution is 2.35. The molecular weight excluding hydrogens is 225 g/mol. The molecule has 0 bridgehead atoms. The van der Waals surface area contributed by atoms with Crippen molar-refractivity contribution >= 4 is 50.3 Å². The third-order valence-corrected chi connectivity index (χ3v) is 3.42. The molecule has 0 aliphatic carbocycles. The normalized spacial score (nSPS) is 10.9. The van der Waals surface area contributed by atoms with Crippen molar-refractivity contribution < 1.29 is 0 Å². The Balaban J connectivity index is 2.79. The van der Waals surface area contributed by atoms with Gasteiger partial charge in [-0.15, -0.1) is 22.9 Å². The molecule has 2 N–H and O–H groups in total. The predicted octanol–water partition coefficient (Wildman–Crippen LogP) is 3.88. The molecule has 1 aromatic heterocycles. The Labute approximate surface area is 90.1 Å². The minimum atomic E-state index is 0.480. The molecule has 1 nitrogen and oxygen atoms in total. The van der Waals surface area contributed by atoms with Gasteiger partial charge in [-0.05, 0) is 17.7 Å². The van der Waals surface area contributed by atoms with Crippen LogP contribution in [-0.4, -0.2) is 0 Å². The van der Waals surface area contributed by atoms with Crippen molar-refractivity contribution in [1.29, 1.82) is 0 Å². The van der Waals surface area contributed by atoms with E-state index in [0.717, 1.165) is 21.3 Å². The van der Waals surface area contributed by atoms with Crippen molar-refractivity contribution in [3.05, 3.63) is 28.1 Å². The molecule has 4 heteroatoms. The van der Waals surface area contributed by atoms with Crippen molar-refractivity contribution in [1.82, 2.24) is 0 Å². The van der Waals surface area contributed by atoms with Gasteiger partial charge in [-0.25, -0.2) is 0 Å². The zero-order valence-electron chi connectivity index (χ0n) is 6.68. The number of alkyl halides is 1. The fourth-order valence-electron chi connectivity index (χ4n) is 1.27. The van der Waals surface area contributed by atoms with Crippen LogP contribution in [0.2, 0.25) is 5.02 Å². The van der Waals surface area contributed by atoms with Gasteiger partial charge >= 0.3 is 0 Å². The summed E-state index contributed by atoms with van der Waals surface area (Å²) in [5.74, 6) is 0.480. The highest BCUT2D eigenvalue weighted by Gasteiger charge is 2.06. The molecule has 0 aliphatic rings. The molecule has 2 rings (SSSR count). The van der Waals surface area contributed by atoms with Gasteiger partial charge in [0.1, 0.15) is 0 Å². The van der Waals surface area contributed by atoms with Crippen LogP contribution in [0.3, 0.4) is 0 Å². The Kier molecular flexibility index (Phi) is 2.37. The zero-order valence-corrected chi connectivity index (χ0v) is 9.01. The topological polar surface area (TPSA) is 26.0 Å². The van der Waals surface area contributed by atoms with E-state index in [4.69, 9.17) is 28.9 Å². The van der Waals surface area contributed by atoms with Crippen molar-refractivity contribution in [3.63, 3.8) is 0 Å². The molecule has 0 saturated carbocycles. The molecule has 68 valence electrons. The fourth-order valence-corrected chi connectivity index (χ4v) is 2.77. The summed E-state index contributed by atoms with van der Waals surface area (Å²) in [5, 5.41) is 3.53. The van der Waals surface area contributed by atoms with Gasteiger partial charge in [-0.2, -0.15) is 0 Å². The maximum absolute atomic E-state index is 6.06. The summed E-state index contributed by atoms with van der Waals surface area (Å²) in [6, 6.07) is 3.88. The van der Waals surface area contributed by atoms with E-state index in [1.165, 1.54) is 0 Å². The van der Waals surface area contributed by atoms with Gasteiger partial charge in [0.25, 0.3) is 0 Å². The van der Waals surface area contributed by atoms with Gasteiger partial charge in [0, 0.05) is 21.3 Å². The standard InChI is InChI=1S/C9H7Cl2NS/c10-3-5-1-6(11)9-7(12)4-13-8(9)2-5/h1-2,4H,3,12H2. The van der Waals surface area contributed by atoms with Crippen molar-refractivity contribution in [2.24, 2.45) is 0 Å². The van der Waals surface area contributed by atoms with E-state index in [-0.39, 0.29) is 0 Å². The first kappa shape index (κ1) is 9.13. The quantitative estimate of drug-likeness (QED) is 0.742. The molecule has 0 amide bonds. The number of anilines is 1. The lowest BCUT2D eigenvalue weighted by Gasteiger charge is -1.99. The molecule has 13 heavy (non-hydrogen) atoms. The lowest BCUT2D eigenvalue weighted by molar-refractivity contribution is 1.43. The summed E-state index contributed by atoms with van der Waals surface area (Å²) in [4.78, 5) is 0. The number of rotatable bonds is 1. The second kappa shape index (κ2) is 3.37. The average molecular weight is 232 g/mol. The molecule has 0 radical (unpaired) electrons. The third-order valence-electron chi connectivity index (χ3n) is 1.87. The van der Waals surface area contributed by atoms with Crippen LogP contribution in [0, 0.1) is 0 Å². The highest BCUT2D eigenvalue weighted by molar-refractivity contribution is 7.18. The van der Waals surface area contributed by atoms with Crippen LogP contribution in [0.15, 0.2) is 17.5 Å². The molecule has 0 unspecified atom stereocenters. The SMILES string of the molecule is Nc1csc2cc(CCl)cc(Cl)c12. The van der Waals surface area contributed by atoms with E-state index < -0.39 is 0 Å². The molecule has 0 atom stereocenters. The summed E-state index contributed by atoms with van der Waals surface area (Å²) in [7, 11) is 0. The molecule has 0 fully saturated rings. The monoisotopic (exact) mass is 231 g/mol. The van der Waals surface area contributed by atoms with Crippen LogP contribution in [0.1, 0.15) is 5.56 Å². The number of nitrogens with two attached hydrogens (primary N) is 1. The predicted molar refractivity (Wildman–Crippen MR) is 60.8 cm³/mol. The van der Waals surface area contributed by atoms with E-state index >= 15 is 0 Å². The Morgan fingerprint density at radius 3 is 2.85 bits per heavy atom. The van der Waals surface area contributed by atoms with E-state index in [1.807, 2.05) is 17.5 Å². The van der Waals surface area contributed by atoms with Crippen molar-refractivity contribution in [2.75, 3.05) is 5.73 Å². The van der Waals surface area contributed by atoms with Crippen LogP contribution < -0.4 is 5.73 Å². The molecular formula is C9H7Cl2NS. The van der Waals surface area contributed by atoms with E-state index in [1.54, 1.807) is 11.3 Å². The Bertz CT molecular complexity index is 450. The zero-order chi connectivity index (χ0) is 9.42. The summed E-state index contributed by atoms with van der Waals surface area (Å²) >= 11 is 13.4. The number of hydrogen-bond donors (Lipinski definition) is 1. The second-order valence-electron chi connectivity index (χ2n) is 2.78. The first-order valence-corrected chi connectivity index (χ1v) is 5.52. The number of nitrogen functional groups attached to an aromatic ring is 1. The second-order valence-corrected chi connectivity index (χ2v) is 4.36. The maximum Gasteiger partial charge on any atom is 0.0517 e. The minimum Gasteiger partial charge on any atom is -0.398 e. The fraction of sp³-hybridized carbons (Fsp3) is 0.111. The van der Waals surface area contributed by atoms with Crippen molar-refractivity contribution in [3.8, 4) is 0 Å². The number of hydrogen-bond acceptors (Lipinski definition) is 2. The number of fused-ring (bicyclic) bond motifs is 1. The van der Waals surface area contributed by atoms with Gasteiger partial charge in [-0.1, -0.05) is 11.6 Å². The van der Waals surface area contributed by atoms with Crippen LogP contribution in [-0.2, 0) is 5.88 Å². The van der Waals surface area contributed by atoms with E-state index in [2.05, 4.69) is 0 Å². The molecule has 1 aromatic carbocycles. The lowest BCUT2D eigenvalue weighted by Crippen LogP contribution is -1.83. The smallest absolute Gasteiger partial charge is 0.0517 e. The number of thiophene rings is 1. The molecule has 0 aliphatic heterocycles. The van der Waals surface area contributed by atoms with E-state index in [9.17, 15) is 0 Å². The third kappa shape index (κ3) is 1.50. The minimum absolute atomic E-state index is 0.480. The number of halogens is 2. The summed E-state index contributed by atoms with van der Waals surface area (Å²) in [5.41, 5.74) is 7.53. The summed E-state index contributed by atoms with van der Waals surface area (Å²) < 4.78 is 1.10. The van der Waals surface area contributed by atoms with Gasteiger partial charge in [-0.3, -0.25) is 0 Å². The van der Waals surface area contributed by atoms with Crippen LogP contribution in [0.25, 0.3) is 10.1 Å². The van der Waals surface area contributed by atoms with Crippen LogP contribution in [0.5, 0.6) is 0 Å². The maximum atomic E-state index is 6.06. The molecule has 0 spiro atoms. The molecule has 2 aromatic rings. The van der Waals surface area contributed by atoms with Gasteiger partial charge in [0.15, 0.2) is 0 Å². The molecule has 0 saturated heterocycles. The van der Waals surface area contributed by atoms with Gasteiger partial charge in [0.05, 0.1) is 10.7 Å².